The highest BCUT2D eigenvalue weighted by Gasteiger charge is 2.09. The van der Waals surface area contributed by atoms with Crippen molar-refractivity contribution in [3.05, 3.63) is 77.0 Å². The van der Waals surface area contributed by atoms with Gasteiger partial charge in [-0.25, -0.2) is 0 Å². The van der Waals surface area contributed by atoms with Gasteiger partial charge in [-0.1, -0.05) is 43.7 Å². The Bertz CT molecular complexity index is 1050. The summed E-state index contributed by atoms with van der Waals surface area (Å²) in [4.78, 5) is 4.54. The molecule has 3 rings (SSSR count). The molecular weight excluding hydrogens is 348 g/mol. The number of hydrogen-bond donors (Lipinski definition) is 1. The molecule has 0 atom stereocenters. The van der Waals surface area contributed by atoms with E-state index in [2.05, 4.69) is 18.0 Å². The van der Waals surface area contributed by atoms with Crippen molar-refractivity contribution in [1.82, 2.24) is 9.55 Å². The highest BCUT2D eigenvalue weighted by Crippen LogP contribution is 2.20. The highest BCUT2D eigenvalue weighted by molar-refractivity contribution is 5.59. The Morgan fingerprint density at radius 2 is 1.93 bits per heavy atom. The summed E-state index contributed by atoms with van der Waals surface area (Å²) in [6.07, 6.45) is 3.84. The standard InChI is InChI=1S/C23H24N4O/c1-3-4-13-27-14-12-22(20(15-24)23(27)25)28-16-18-8-10-19(11-9-18)21-7-5-6-17(2)26-21/h5-12,14,25H,3-4,13,16H2,1-2H3. The molecule has 0 spiro atoms. The Balaban J connectivity index is 1.73. The van der Waals surface area contributed by atoms with Gasteiger partial charge in [0.25, 0.3) is 0 Å². The van der Waals surface area contributed by atoms with Gasteiger partial charge in [-0.15, -0.1) is 0 Å². The van der Waals surface area contributed by atoms with E-state index in [-0.39, 0.29) is 11.1 Å². The van der Waals surface area contributed by atoms with Crippen LogP contribution in [0.3, 0.4) is 0 Å². The van der Waals surface area contributed by atoms with Crippen molar-refractivity contribution >= 4 is 0 Å². The van der Waals surface area contributed by atoms with Crippen LogP contribution in [0.1, 0.15) is 36.6 Å². The molecule has 2 heterocycles. The molecule has 0 radical (unpaired) electrons. The van der Waals surface area contributed by atoms with Gasteiger partial charge in [-0.2, -0.15) is 5.26 Å². The molecule has 0 saturated heterocycles. The van der Waals surface area contributed by atoms with Crippen LogP contribution in [0.2, 0.25) is 0 Å². The van der Waals surface area contributed by atoms with E-state index in [1.54, 1.807) is 10.6 Å². The zero-order valence-electron chi connectivity index (χ0n) is 16.3. The van der Waals surface area contributed by atoms with Crippen LogP contribution in [0.5, 0.6) is 5.75 Å². The first kappa shape index (κ1) is 19.4. The van der Waals surface area contributed by atoms with Gasteiger partial charge in [0.1, 0.15) is 29.5 Å². The van der Waals surface area contributed by atoms with Crippen molar-refractivity contribution < 1.29 is 4.74 Å². The molecule has 0 aliphatic carbocycles. The molecule has 0 bridgehead atoms. The summed E-state index contributed by atoms with van der Waals surface area (Å²) in [6.45, 7) is 5.16. The number of pyridine rings is 2. The maximum Gasteiger partial charge on any atom is 0.146 e. The van der Waals surface area contributed by atoms with Crippen LogP contribution in [0, 0.1) is 23.7 Å². The molecule has 5 nitrogen and oxygen atoms in total. The molecule has 142 valence electrons. The maximum atomic E-state index is 9.46. The molecule has 0 amide bonds. The molecule has 1 aromatic carbocycles. The fourth-order valence-electron chi connectivity index (χ4n) is 2.96. The maximum absolute atomic E-state index is 9.46. The molecular formula is C23H24N4O. The Morgan fingerprint density at radius 3 is 2.61 bits per heavy atom. The van der Waals surface area contributed by atoms with Gasteiger partial charge in [-0.3, -0.25) is 10.4 Å². The van der Waals surface area contributed by atoms with Crippen LogP contribution in [0.15, 0.2) is 54.7 Å². The van der Waals surface area contributed by atoms with Crippen LogP contribution in [-0.4, -0.2) is 9.55 Å². The van der Waals surface area contributed by atoms with Crippen molar-refractivity contribution in [1.29, 1.82) is 10.7 Å². The van der Waals surface area contributed by atoms with Gasteiger partial charge in [-0.05, 0) is 37.1 Å². The fourth-order valence-corrected chi connectivity index (χ4v) is 2.96. The molecule has 28 heavy (non-hydrogen) atoms. The normalized spacial score (nSPS) is 10.5. The van der Waals surface area contributed by atoms with Crippen LogP contribution in [-0.2, 0) is 13.2 Å². The van der Waals surface area contributed by atoms with E-state index in [0.29, 0.717) is 12.4 Å². The Labute approximate surface area is 165 Å². The monoisotopic (exact) mass is 372 g/mol. The molecule has 5 heteroatoms. The fraction of sp³-hybridized carbons (Fsp3) is 0.261. The summed E-state index contributed by atoms with van der Waals surface area (Å²) >= 11 is 0. The van der Waals surface area contributed by atoms with Crippen LogP contribution < -0.4 is 10.2 Å². The molecule has 2 aromatic heterocycles. The second kappa shape index (κ2) is 9.01. The second-order valence-corrected chi connectivity index (χ2v) is 6.71. The first-order valence-electron chi connectivity index (χ1n) is 9.46. The van der Waals surface area contributed by atoms with Crippen molar-refractivity contribution in [2.45, 2.75) is 39.8 Å². The number of unbranched alkanes of at least 4 members (excludes halogenated alkanes) is 1. The number of benzene rings is 1. The number of nitrogens with zero attached hydrogens (tertiary/aromatic N) is 3. The first-order valence-corrected chi connectivity index (χ1v) is 9.46. The number of hydrogen-bond acceptors (Lipinski definition) is 4. The molecule has 3 aromatic rings. The van der Waals surface area contributed by atoms with Gasteiger partial charge < -0.3 is 9.30 Å². The number of nitrogens with one attached hydrogen (secondary N) is 1. The number of rotatable bonds is 7. The van der Waals surface area contributed by atoms with Crippen molar-refractivity contribution in [2.24, 2.45) is 0 Å². The smallest absolute Gasteiger partial charge is 0.146 e. The number of aryl methyl sites for hydroxylation is 2. The topological polar surface area (TPSA) is 74.7 Å². The summed E-state index contributed by atoms with van der Waals surface area (Å²) in [6, 6.07) is 17.9. The number of ether oxygens (including phenoxy) is 1. The average molecular weight is 372 g/mol. The zero-order valence-corrected chi connectivity index (χ0v) is 16.3. The SMILES string of the molecule is CCCCn1ccc(OCc2ccc(-c3cccc(C)n3)cc2)c(C#N)c1=N. The lowest BCUT2D eigenvalue weighted by atomic mass is 10.1. The summed E-state index contributed by atoms with van der Waals surface area (Å²) in [5.74, 6) is 0.449. The predicted molar refractivity (Wildman–Crippen MR) is 109 cm³/mol. The second-order valence-electron chi connectivity index (χ2n) is 6.71. The van der Waals surface area contributed by atoms with Gasteiger partial charge in [0, 0.05) is 24.0 Å². The van der Waals surface area contributed by atoms with Crippen molar-refractivity contribution in [3.63, 3.8) is 0 Å². The lowest BCUT2D eigenvalue weighted by Gasteiger charge is -2.12. The van der Waals surface area contributed by atoms with Crippen molar-refractivity contribution in [2.75, 3.05) is 0 Å². The molecule has 0 fully saturated rings. The summed E-state index contributed by atoms with van der Waals surface area (Å²) in [5.41, 5.74) is 4.46. The van der Waals surface area contributed by atoms with Crippen molar-refractivity contribution in [3.8, 4) is 23.1 Å². The highest BCUT2D eigenvalue weighted by atomic mass is 16.5. The Hall–Kier alpha value is -3.39. The van der Waals surface area contributed by atoms with E-state index >= 15 is 0 Å². The first-order chi connectivity index (χ1) is 13.6. The van der Waals surface area contributed by atoms with E-state index < -0.39 is 0 Å². The summed E-state index contributed by atoms with van der Waals surface area (Å²) in [5, 5.41) is 17.7. The van der Waals surface area contributed by atoms with Crippen LogP contribution in [0.25, 0.3) is 11.3 Å². The van der Waals surface area contributed by atoms with Gasteiger partial charge in [0.2, 0.25) is 0 Å². The number of aromatic nitrogens is 2. The zero-order chi connectivity index (χ0) is 19.9. The van der Waals surface area contributed by atoms with E-state index in [0.717, 1.165) is 41.9 Å². The quantitative estimate of drug-likeness (QED) is 0.659. The van der Waals surface area contributed by atoms with Crippen LogP contribution in [0.4, 0.5) is 0 Å². The van der Waals surface area contributed by atoms with Crippen LogP contribution >= 0.6 is 0 Å². The van der Waals surface area contributed by atoms with Gasteiger partial charge >= 0.3 is 0 Å². The minimum Gasteiger partial charge on any atom is -0.487 e. The van der Waals surface area contributed by atoms with E-state index in [9.17, 15) is 5.26 Å². The lowest BCUT2D eigenvalue weighted by Crippen LogP contribution is -2.23. The largest absolute Gasteiger partial charge is 0.487 e. The molecule has 1 N–H and O–H groups in total. The molecule has 0 aliphatic heterocycles. The number of nitriles is 1. The lowest BCUT2D eigenvalue weighted by molar-refractivity contribution is 0.303. The third-order valence-corrected chi connectivity index (χ3v) is 4.57. The van der Waals surface area contributed by atoms with Gasteiger partial charge in [0.05, 0.1) is 5.69 Å². The molecule has 0 saturated carbocycles. The molecule has 0 unspecified atom stereocenters. The van der Waals surface area contributed by atoms with Gasteiger partial charge in [0.15, 0.2) is 0 Å². The average Bonchev–Trinajstić information content (AvgIpc) is 2.72. The minimum absolute atomic E-state index is 0.203. The van der Waals surface area contributed by atoms with E-state index in [4.69, 9.17) is 10.1 Å². The predicted octanol–water partition coefficient (Wildman–Crippen LogP) is 4.59. The summed E-state index contributed by atoms with van der Waals surface area (Å²) in [7, 11) is 0. The summed E-state index contributed by atoms with van der Waals surface area (Å²) < 4.78 is 7.64. The third kappa shape index (κ3) is 4.47. The minimum atomic E-state index is 0.203. The molecule has 0 aliphatic rings. The Kier molecular flexibility index (Phi) is 6.23. The van der Waals surface area contributed by atoms with E-state index in [1.807, 2.05) is 55.6 Å². The van der Waals surface area contributed by atoms with E-state index in [1.165, 1.54) is 0 Å². The Morgan fingerprint density at radius 1 is 1.14 bits per heavy atom. The third-order valence-electron chi connectivity index (χ3n) is 4.57.